The van der Waals surface area contributed by atoms with Gasteiger partial charge in [0.05, 0.1) is 6.20 Å². The van der Waals surface area contributed by atoms with Crippen molar-refractivity contribution in [1.29, 1.82) is 0 Å². The van der Waals surface area contributed by atoms with Crippen LogP contribution in [0.25, 0.3) is 5.52 Å². The van der Waals surface area contributed by atoms with Crippen molar-refractivity contribution < 1.29 is 4.79 Å². The lowest BCUT2D eigenvalue weighted by atomic mass is 9.90. The molecule has 1 amide bonds. The number of nitrogens with zero attached hydrogens (tertiary/aromatic N) is 5. The highest BCUT2D eigenvalue weighted by Gasteiger charge is 2.23. The molecule has 2 aromatic heterocycles. The van der Waals surface area contributed by atoms with Crippen LogP contribution in [0.1, 0.15) is 18.4 Å². The highest BCUT2D eigenvalue weighted by Crippen LogP contribution is 2.21. The minimum absolute atomic E-state index is 0.0239. The molecule has 0 N–H and O–H groups in total. The molecule has 0 radical (unpaired) electrons. The molecule has 134 valence electrons. The topological polar surface area (TPSA) is 72.5 Å². The first-order chi connectivity index (χ1) is 12.7. The van der Waals surface area contributed by atoms with Crippen LogP contribution in [0.4, 0.5) is 0 Å². The predicted molar refractivity (Wildman–Crippen MR) is 96.7 cm³/mol. The van der Waals surface area contributed by atoms with Gasteiger partial charge in [-0.05, 0) is 36.8 Å². The Morgan fingerprint density at radius 3 is 2.62 bits per heavy atom. The molecule has 0 saturated carbocycles. The summed E-state index contributed by atoms with van der Waals surface area (Å²) in [7, 11) is 0. The average Bonchev–Trinajstić information content (AvgIpc) is 3.15. The minimum Gasteiger partial charge on any atom is -0.341 e. The smallest absolute Gasteiger partial charge is 0.293 e. The zero-order chi connectivity index (χ0) is 17.9. The summed E-state index contributed by atoms with van der Waals surface area (Å²) in [6.07, 6.45) is 6.04. The quantitative estimate of drug-likeness (QED) is 0.712. The number of hydrogen-bond donors (Lipinski definition) is 0. The third-order valence-electron chi connectivity index (χ3n) is 5.04. The molecule has 7 nitrogen and oxygen atoms in total. The van der Waals surface area contributed by atoms with Crippen molar-refractivity contribution in [1.82, 2.24) is 24.3 Å². The molecule has 0 spiro atoms. The monoisotopic (exact) mass is 351 g/mol. The lowest BCUT2D eigenvalue weighted by Crippen LogP contribution is -2.42. The minimum atomic E-state index is -0.294. The van der Waals surface area contributed by atoms with Gasteiger partial charge in [0.25, 0.3) is 5.56 Å². The molecular weight excluding hydrogens is 330 g/mol. The van der Waals surface area contributed by atoms with Crippen LogP contribution in [0, 0.1) is 5.92 Å². The summed E-state index contributed by atoms with van der Waals surface area (Å²) in [5.74, 6) is 0.548. The van der Waals surface area contributed by atoms with E-state index >= 15 is 0 Å². The summed E-state index contributed by atoms with van der Waals surface area (Å²) in [6, 6.07) is 12.1. The van der Waals surface area contributed by atoms with Crippen LogP contribution in [0.5, 0.6) is 0 Å². The van der Waals surface area contributed by atoms with Crippen LogP contribution in [-0.4, -0.2) is 43.3 Å². The lowest BCUT2D eigenvalue weighted by molar-refractivity contribution is -0.133. The summed E-state index contributed by atoms with van der Waals surface area (Å²) in [6.45, 7) is 1.45. The second-order valence-electron chi connectivity index (χ2n) is 6.77. The number of benzene rings is 1. The summed E-state index contributed by atoms with van der Waals surface area (Å²) in [4.78, 5) is 26.7. The van der Waals surface area contributed by atoms with E-state index in [2.05, 4.69) is 34.5 Å². The van der Waals surface area contributed by atoms with Gasteiger partial charge in [-0.15, -0.1) is 0 Å². The van der Waals surface area contributed by atoms with Crippen molar-refractivity contribution in [3.8, 4) is 0 Å². The number of carbonyl (C=O) groups excluding carboxylic acids is 1. The second-order valence-corrected chi connectivity index (χ2v) is 6.77. The molecule has 26 heavy (non-hydrogen) atoms. The van der Waals surface area contributed by atoms with E-state index in [-0.39, 0.29) is 18.0 Å². The number of rotatable bonds is 4. The molecule has 0 bridgehead atoms. The first kappa shape index (κ1) is 16.5. The van der Waals surface area contributed by atoms with Crippen LogP contribution in [0.2, 0.25) is 0 Å². The van der Waals surface area contributed by atoms with Gasteiger partial charge in [-0.1, -0.05) is 30.3 Å². The molecule has 1 aliphatic rings. The molecular formula is C19H21N5O2. The van der Waals surface area contributed by atoms with Crippen LogP contribution in [-0.2, 0) is 17.8 Å². The van der Waals surface area contributed by atoms with Crippen molar-refractivity contribution in [2.75, 3.05) is 13.1 Å². The SMILES string of the molecule is O=C(Cn1ncn2nccc2c1=O)N1CCC(Cc2ccccc2)CC1. The van der Waals surface area contributed by atoms with Crippen molar-refractivity contribution in [2.24, 2.45) is 5.92 Å². The molecule has 4 rings (SSSR count). The summed E-state index contributed by atoms with van der Waals surface area (Å²) in [5, 5.41) is 8.02. The standard InChI is InChI=1S/C19H21N5O2/c25-18(13-23-19(26)17-6-9-20-24(17)14-21-23)22-10-7-16(8-11-22)12-15-4-2-1-3-5-15/h1-6,9,14,16H,7-8,10-13H2. The Bertz CT molecular complexity index is 955. The van der Waals surface area contributed by atoms with Gasteiger partial charge in [0, 0.05) is 13.1 Å². The third kappa shape index (κ3) is 3.37. The molecule has 1 aliphatic heterocycles. The summed E-state index contributed by atoms with van der Waals surface area (Å²) >= 11 is 0. The van der Waals surface area contributed by atoms with E-state index in [1.54, 1.807) is 12.3 Å². The lowest BCUT2D eigenvalue weighted by Gasteiger charge is -2.32. The van der Waals surface area contributed by atoms with E-state index in [1.807, 2.05) is 11.0 Å². The highest BCUT2D eigenvalue weighted by molar-refractivity contribution is 5.76. The second kappa shape index (κ2) is 7.11. The van der Waals surface area contributed by atoms with E-state index in [0.717, 1.165) is 32.4 Å². The van der Waals surface area contributed by atoms with Crippen LogP contribution < -0.4 is 5.56 Å². The zero-order valence-corrected chi connectivity index (χ0v) is 14.5. The number of likely N-dealkylation sites (tertiary alicyclic amines) is 1. The summed E-state index contributed by atoms with van der Waals surface area (Å²) < 4.78 is 2.63. The fourth-order valence-corrected chi connectivity index (χ4v) is 3.55. The average molecular weight is 351 g/mol. The van der Waals surface area contributed by atoms with Gasteiger partial charge in [0.2, 0.25) is 5.91 Å². The van der Waals surface area contributed by atoms with E-state index in [0.29, 0.717) is 11.4 Å². The first-order valence-electron chi connectivity index (χ1n) is 8.92. The molecule has 0 atom stereocenters. The molecule has 0 aliphatic carbocycles. The maximum absolute atomic E-state index is 12.6. The van der Waals surface area contributed by atoms with E-state index < -0.39 is 0 Å². The largest absolute Gasteiger partial charge is 0.341 e. The first-order valence-corrected chi connectivity index (χ1v) is 8.92. The molecule has 3 heterocycles. The maximum Gasteiger partial charge on any atom is 0.293 e. The molecule has 1 fully saturated rings. The van der Waals surface area contributed by atoms with E-state index in [9.17, 15) is 9.59 Å². The Morgan fingerprint density at radius 2 is 1.85 bits per heavy atom. The van der Waals surface area contributed by atoms with E-state index in [1.165, 1.54) is 21.1 Å². The number of carbonyl (C=O) groups is 1. The Hall–Kier alpha value is -2.96. The van der Waals surface area contributed by atoms with Gasteiger partial charge in [0.1, 0.15) is 18.4 Å². The van der Waals surface area contributed by atoms with Crippen molar-refractivity contribution >= 4 is 11.4 Å². The zero-order valence-electron chi connectivity index (χ0n) is 14.5. The fourth-order valence-electron chi connectivity index (χ4n) is 3.55. The van der Waals surface area contributed by atoms with Crippen molar-refractivity contribution in [2.45, 2.75) is 25.8 Å². The molecule has 7 heteroatoms. The Morgan fingerprint density at radius 1 is 1.08 bits per heavy atom. The van der Waals surface area contributed by atoms with Crippen LogP contribution >= 0.6 is 0 Å². The number of piperidine rings is 1. The predicted octanol–water partition coefficient (Wildman–Crippen LogP) is 1.37. The number of aromatic nitrogens is 4. The summed E-state index contributed by atoms with van der Waals surface area (Å²) in [5.41, 5.74) is 1.48. The maximum atomic E-state index is 12.6. The Kier molecular flexibility index (Phi) is 4.51. The number of amides is 1. The van der Waals surface area contributed by atoms with Gasteiger partial charge < -0.3 is 4.90 Å². The van der Waals surface area contributed by atoms with Gasteiger partial charge in [0.15, 0.2) is 0 Å². The highest BCUT2D eigenvalue weighted by atomic mass is 16.2. The van der Waals surface area contributed by atoms with Gasteiger partial charge in [-0.2, -0.15) is 10.2 Å². The molecule has 1 saturated heterocycles. The van der Waals surface area contributed by atoms with Crippen molar-refractivity contribution in [3.05, 3.63) is 64.8 Å². The Labute approximate surface area is 150 Å². The van der Waals surface area contributed by atoms with Crippen LogP contribution in [0.15, 0.2) is 53.7 Å². The number of fused-ring (bicyclic) bond motifs is 1. The molecule has 3 aromatic rings. The fraction of sp³-hybridized carbons (Fsp3) is 0.368. The third-order valence-corrected chi connectivity index (χ3v) is 5.04. The molecule has 0 unspecified atom stereocenters. The normalized spacial score (nSPS) is 15.5. The van der Waals surface area contributed by atoms with Gasteiger partial charge in [-0.3, -0.25) is 9.59 Å². The Balaban J connectivity index is 1.36. The van der Waals surface area contributed by atoms with E-state index in [4.69, 9.17) is 0 Å². The molecule has 1 aromatic carbocycles. The van der Waals surface area contributed by atoms with Gasteiger partial charge >= 0.3 is 0 Å². The van der Waals surface area contributed by atoms with Crippen molar-refractivity contribution in [3.63, 3.8) is 0 Å². The number of hydrogen-bond acceptors (Lipinski definition) is 4. The van der Waals surface area contributed by atoms with Gasteiger partial charge in [-0.25, -0.2) is 9.20 Å². The van der Waals surface area contributed by atoms with Crippen LogP contribution in [0.3, 0.4) is 0 Å².